The number of ether oxygens (including phenoxy) is 2. The second-order valence-corrected chi connectivity index (χ2v) is 3.75. The molecule has 4 heteroatoms. The Hall–Kier alpha value is -1.84. The van der Waals surface area contributed by atoms with Gasteiger partial charge in [0, 0.05) is 0 Å². The Morgan fingerprint density at radius 3 is 2.41 bits per heavy atom. The Bertz CT molecular complexity index is 372. The molecule has 1 atom stereocenters. The van der Waals surface area contributed by atoms with Crippen LogP contribution in [0, 0.1) is 0 Å². The van der Waals surface area contributed by atoms with Crippen LogP contribution in [0.25, 0.3) is 0 Å². The van der Waals surface area contributed by atoms with E-state index >= 15 is 0 Å². The molecular weight excluding hydrogens is 220 g/mol. The van der Waals surface area contributed by atoms with Crippen LogP contribution in [0.1, 0.15) is 24.8 Å². The van der Waals surface area contributed by atoms with Gasteiger partial charge in [-0.25, -0.2) is 4.79 Å². The topological polar surface area (TPSA) is 52.6 Å². The third-order valence-corrected chi connectivity index (χ3v) is 2.42. The number of carbonyl (C=O) groups is 2. The molecule has 4 nitrogen and oxygen atoms in total. The van der Waals surface area contributed by atoms with Crippen molar-refractivity contribution in [3.8, 4) is 0 Å². The molecule has 0 aliphatic carbocycles. The molecule has 0 aliphatic heterocycles. The maximum Gasteiger partial charge on any atom is 0.344 e. The Labute approximate surface area is 101 Å². The molecule has 0 spiro atoms. The summed E-state index contributed by atoms with van der Waals surface area (Å²) in [5.74, 6) is -0.876. The van der Waals surface area contributed by atoms with Crippen molar-refractivity contribution in [2.45, 2.75) is 19.3 Å². The van der Waals surface area contributed by atoms with Crippen LogP contribution < -0.4 is 0 Å². The maximum atomic E-state index is 11.4. The summed E-state index contributed by atoms with van der Waals surface area (Å²) in [4.78, 5) is 22.2. The number of hydrogen-bond acceptors (Lipinski definition) is 4. The average molecular weight is 236 g/mol. The number of rotatable bonds is 5. The summed E-state index contributed by atoms with van der Waals surface area (Å²) < 4.78 is 9.15. The second-order valence-electron chi connectivity index (χ2n) is 3.75. The van der Waals surface area contributed by atoms with Crippen molar-refractivity contribution >= 4 is 11.9 Å². The van der Waals surface area contributed by atoms with Gasteiger partial charge >= 0.3 is 11.9 Å². The SMILES string of the molecule is COC(=O)COC(=O)CC(C)c1ccccc1. The van der Waals surface area contributed by atoms with Gasteiger partial charge in [0.25, 0.3) is 0 Å². The van der Waals surface area contributed by atoms with E-state index in [0.29, 0.717) is 0 Å². The fraction of sp³-hybridized carbons (Fsp3) is 0.385. The molecular formula is C13H16O4. The molecule has 1 unspecified atom stereocenters. The van der Waals surface area contributed by atoms with Crippen molar-refractivity contribution < 1.29 is 19.1 Å². The van der Waals surface area contributed by atoms with E-state index in [1.165, 1.54) is 7.11 Å². The zero-order chi connectivity index (χ0) is 12.7. The van der Waals surface area contributed by atoms with Gasteiger partial charge < -0.3 is 9.47 Å². The summed E-state index contributed by atoms with van der Waals surface area (Å²) in [5.41, 5.74) is 1.07. The number of hydrogen-bond donors (Lipinski definition) is 0. The van der Waals surface area contributed by atoms with Gasteiger partial charge in [-0.05, 0) is 11.5 Å². The van der Waals surface area contributed by atoms with Crippen LogP contribution in [-0.2, 0) is 19.1 Å². The minimum absolute atomic E-state index is 0.0707. The van der Waals surface area contributed by atoms with Crippen LogP contribution in [0.4, 0.5) is 0 Å². The first-order chi connectivity index (χ1) is 8.13. The van der Waals surface area contributed by atoms with Gasteiger partial charge in [0.15, 0.2) is 6.61 Å². The summed E-state index contributed by atoms with van der Waals surface area (Å²) in [5, 5.41) is 0. The molecule has 0 saturated heterocycles. The summed E-state index contributed by atoms with van der Waals surface area (Å²) in [6.07, 6.45) is 0.251. The lowest BCUT2D eigenvalue weighted by Crippen LogP contribution is -2.16. The first-order valence-corrected chi connectivity index (χ1v) is 5.41. The van der Waals surface area contributed by atoms with Gasteiger partial charge in [0.1, 0.15) is 0 Å². The van der Waals surface area contributed by atoms with E-state index in [9.17, 15) is 9.59 Å². The van der Waals surface area contributed by atoms with Gasteiger partial charge in [-0.2, -0.15) is 0 Å². The quantitative estimate of drug-likeness (QED) is 0.733. The molecule has 0 N–H and O–H groups in total. The average Bonchev–Trinajstić information content (AvgIpc) is 2.36. The fourth-order valence-electron chi connectivity index (χ4n) is 1.41. The maximum absolute atomic E-state index is 11.4. The van der Waals surface area contributed by atoms with E-state index in [1.807, 2.05) is 37.3 Å². The molecule has 1 aromatic rings. The van der Waals surface area contributed by atoms with Crippen LogP contribution in [0.3, 0.4) is 0 Å². The van der Waals surface area contributed by atoms with Crippen LogP contribution in [0.15, 0.2) is 30.3 Å². The van der Waals surface area contributed by atoms with E-state index < -0.39 is 11.9 Å². The molecule has 0 saturated carbocycles. The zero-order valence-corrected chi connectivity index (χ0v) is 10.0. The number of carbonyl (C=O) groups excluding carboxylic acids is 2. The summed E-state index contributed by atoms with van der Waals surface area (Å²) in [6.45, 7) is 1.62. The predicted octanol–water partition coefficient (Wildman–Crippen LogP) is 1.90. The van der Waals surface area contributed by atoms with Crippen molar-refractivity contribution in [3.05, 3.63) is 35.9 Å². The molecule has 0 fully saturated rings. The van der Waals surface area contributed by atoms with Gasteiger partial charge in [-0.3, -0.25) is 4.79 Å². The smallest absolute Gasteiger partial charge is 0.344 e. The highest BCUT2D eigenvalue weighted by molar-refractivity contribution is 5.76. The van der Waals surface area contributed by atoms with Crippen LogP contribution in [-0.4, -0.2) is 25.7 Å². The molecule has 92 valence electrons. The lowest BCUT2D eigenvalue weighted by Gasteiger charge is -2.10. The van der Waals surface area contributed by atoms with Crippen molar-refractivity contribution in [2.75, 3.05) is 13.7 Å². The summed E-state index contributed by atoms with van der Waals surface area (Å²) in [7, 11) is 1.25. The Balaban J connectivity index is 2.39. The first-order valence-electron chi connectivity index (χ1n) is 5.41. The second kappa shape index (κ2) is 6.68. The highest BCUT2D eigenvalue weighted by Crippen LogP contribution is 2.18. The summed E-state index contributed by atoms with van der Waals surface area (Å²) in [6, 6.07) is 9.68. The Morgan fingerprint density at radius 2 is 1.82 bits per heavy atom. The minimum atomic E-state index is -0.550. The van der Waals surface area contributed by atoms with Crippen molar-refractivity contribution in [3.63, 3.8) is 0 Å². The summed E-state index contributed by atoms with van der Waals surface area (Å²) >= 11 is 0. The normalized spacial score (nSPS) is 11.6. The molecule has 0 amide bonds. The van der Waals surface area contributed by atoms with E-state index in [2.05, 4.69) is 4.74 Å². The number of benzene rings is 1. The molecule has 0 bridgehead atoms. The minimum Gasteiger partial charge on any atom is -0.466 e. The first kappa shape index (κ1) is 13.2. The van der Waals surface area contributed by atoms with Gasteiger partial charge in [-0.15, -0.1) is 0 Å². The molecule has 0 aliphatic rings. The standard InChI is InChI=1S/C13H16O4/c1-10(11-6-4-3-5-7-11)8-12(14)17-9-13(15)16-2/h3-7,10H,8-9H2,1-2H3. The largest absolute Gasteiger partial charge is 0.466 e. The zero-order valence-electron chi connectivity index (χ0n) is 10.0. The van der Waals surface area contributed by atoms with Gasteiger partial charge in [-0.1, -0.05) is 37.3 Å². The molecule has 1 rings (SSSR count). The lowest BCUT2D eigenvalue weighted by atomic mass is 9.98. The molecule has 0 heterocycles. The van der Waals surface area contributed by atoms with E-state index in [1.54, 1.807) is 0 Å². The van der Waals surface area contributed by atoms with Crippen molar-refractivity contribution in [1.29, 1.82) is 0 Å². The van der Waals surface area contributed by atoms with Crippen LogP contribution in [0.5, 0.6) is 0 Å². The number of esters is 2. The van der Waals surface area contributed by atoms with Crippen LogP contribution >= 0.6 is 0 Å². The Kier molecular flexibility index (Phi) is 5.20. The van der Waals surface area contributed by atoms with Crippen molar-refractivity contribution in [2.24, 2.45) is 0 Å². The molecule has 0 aromatic heterocycles. The van der Waals surface area contributed by atoms with E-state index in [0.717, 1.165) is 5.56 Å². The van der Waals surface area contributed by atoms with E-state index in [4.69, 9.17) is 4.74 Å². The van der Waals surface area contributed by atoms with Crippen molar-refractivity contribution in [1.82, 2.24) is 0 Å². The fourth-order valence-corrected chi connectivity index (χ4v) is 1.41. The predicted molar refractivity (Wildman–Crippen MR) is 62.4 cm³/mol. The molecule has 0 radical (unpaired) electrons. The molecule has 17 heavy (non-hydrogen) atoms. The number of methoxy groups -OCH3 is 1. The highest BCUT2D eigenvalue weighted by Gasteiger charge is 2.13. The molecule has 1 aromatic carbocycles. The third kappa shape index (κ3) is 4.68. The Morgan fingerprint density at radius 1 is 1.18 bits per heavy atom. The van der Waals surface area contributed by atoms with Gasteiger partial charge in [0.05, 0.1) is 13.5 Å². The monoisotopic (exact) mass is 236 g/mol. The van der Waals surface area contributed by atoms with Gasteiger partial charge in [0.2, 0.25) is 0 Å². The van der Waals surface area contributed by atoms with E-state index in [-0.39, 0.29) is 18.9 Å². The van der Waals surface area contributed by atoms with Crippen LogP contribution in [0.2, 0.25) is 0 Å². The third-order valence-electron chi connectivity index (χ3n) is 2.42. The highest BCUT2D eigenvalue weighted by atomic mass is 16.6. The lowest BCUT2D eigenvalue weighted by molar-refractivity contribution is -0.157.